The predicted molar refractivity (Wildman–Crippen MR) is 93.2 cm³/mol. The third kappa shape index (κ3) is 4.52. The quantitative estimate of drug-likeness (QED) is 0.793. The number of thiocarbonyl (C=S) groups is 1. The van der Waals surface area contributed by atoms with Gasteiger partial charge < -0.3 is 10.5 Å². The van der Waals surface area contributed by atoms with Crippen LogP contribution in [0.25, 0.3) is 0 Å². The highest BCUT2D eigenvalue weighted by Gasteiger charge is 2.12. The van der Waals surface area contributed by atoms with Crippen molar-refractivity contribution in [2.24, 2.45) is 5.73 Å². The first-order chi connectivity index (χ1) is 10.1. The SMILES string of the molecule is CC(c1cccs1)N(C)CCOc1cccc(C(N)=S)c1. The van der Waals surface area contributed by atoms with Crippen molar-refractivity contribution < 1.29 is 4.74 Å². The van der Waals surface area contributed by atoms with Crippen molar-refractivity contribution >= 4 is 28.5 Å². The molecule has 0 saturated carbocycles. The van der Waals surface area contributed by atoms with E-state index in [0.29, 0.717) is 17.6 Å². The maximum Gasteiger partial charge on any atom is 0.120 e. The van der Waals surface area contributed by atoms with Gasteiger partial charge in [-0.3, -0.25) is 4.90 Å². The molecule has 2 aromatic rings. The van der Waals surface area contributed by atoms with Crippen molar-refractivity contribution in [3.8, 4) is 5.75 Å². The summed E-state index contributed by atoms with van der Waals surface area (Å²) in [6.45, 7) is 3.70. The molecule has 0 bridgehead atoms. The Morgan fingerprint density at radius 2 is 2.19 bits per heavy atom. The molecule has 21 heavy (non-hydrogen) atoms. The summed E-state index contributed by atoms with van der Waals surface area (Å²) in [6.07, 6.45) is 0. The molecule has 1 heterocycles. The van der Waals surface area contributed by atoms with Crippen molar-refractivity contribution in [2.75, 3.05) is 20.2 Å². The second-order valence-electron chi connectivity index (χ2n) is 4.91. The molecule has 1 atom stereocenters. The Morgan fingerprint density at radius 1 is 1.38 bits per heavy atom. The van der Waals surface area contributed by atoms with E-state index in [1.807, 2.05) is 24.3 Å². The first kappa shape index (κ1) is 15.9. The van der Waals surface area contributed by atoms with Crippen LogP contribution in [0.3, 0.4) is 0 Å². The van der Waals surface area contributed by atoms with Gasteiger partial charge in [-0.1, -0.05) is 30.4 Å². The maximum atomic E-state index is 5.78. The van der Waals surface area contributed by atoms with Crippen LogP contribution in [-0.4, -0.2) is 30.1 Å². The number of likely N-dealkylation sites (N-methyl/N-ethyl adjacent to an activating group) is 1. The van der Waals surface area contributed by atoms with Crippen LogP contribution in [0.1, 0.15) is 23.4 Å². The minimum Gasteiger partial charge on any atom is -0.492 e. The third-order valence-electron chi connectivity index (χ3n) is 3.45. The third-order valence-corrected chi connectivity index (χ3v) is 4.73. The van der Waals surface area contributed by atoms with Crippen molar-refractivity contribution in [2.45, 2.75) is 13.0 Å². The van der Waals surface area contributed by atoms with E-state index in [1.165, 1.54) is 4.88 Å². The normalized spacial score (nSPS) is 12.3. The zero-order valence-electron chi connectivity index (χ0n) is 12.3. The van der Waals surface area contributed by atoms with Crippen LogP contribution < -0.4 is 10.5 Å². The minimum absolute atomic E-state index is 0.392. The number of nitrogens with two attached hydrogens (primary N) is 1. The molecule has 0 aliphatic rings. The van der Waals surface area contributed by atoms with E-state index in [-0.39, 0.29) is 0 Å². The van der Waals surface area contributed by atoms with E-state index < -0.39 is 0 Å². The second-order valence-corrected chi connectivity index (χ2v) is 6.33. The molecule has 0 radical (unpaired) electrons. The van der Waals surface area contributed by atoms with Crippen LogP contribution in [0.5, 0.6) is 5.75 Å². The molecule has 3 nitrogen and oxygen atoms in total. The Balaban J connectivity index is 1.84. The Bertz CT molecular complexity index is 584. The van der Waals surface area contributed by atoms with Gasteiger partial charge in [0.15, 0.2) is 0 Å². The van der Waals surface area contributed by atoms with Gasteiger partial charge in [0, 0.05) is 23.0 Å². The highest BCUT2D eigenvalue weighted by atomic mass is 32.1. The van der Waals surface area contributed by atoms with Gasteiger partial charge in [-0.15, -0.1) is 11.3 Å². The van der Waals surface area contributed by atoms with Gasteiger partial charge in [0.05, 0.1) is 0 Å². The monoisotopic (exact) mass is 320 g/mol. The fourth-order valence-corrected chi connectivity index (χ4v) is 2.96. The van der Waals surface area contributed by atoms with E-state index in [1.54, 1.807) is 11.3 Å². The lowest BCUT2D eigenvalue weighted by atomic mass is 10.2. The molecule has 1 aromatic carbocycles. The molecule has 0 saturated heterocycles. The van der Waals surface area contributed by atoms with Gasteiger partial charge in [0.1, 0.15) is 17.3 Å². The van der Waals surface area contributed by atoms with Gasteiger partial charge in [-0.05, 0) is 37.6 Å². The summed E-state index contributed by atoms with van der Waals surface area (Å²) in [5.74, 6) is 0.803. The molecule has 5 heteroatoms. The van der Waals surface area contributed by atoms with E-state index in [9.17, 15) is 0 Å². The van der Waals surface area contributed by atoms with Gasteiger partial charge in [0.25, 0.3) is 0 Å². The minimum atomic E-state index is 0.392. The molecule has 0 fully saturated rings. The summed E-state index contributed by atoms with van der Waals surface area (Å²) >= 11 is 6.75. The number of hydrogen-bond acceptors (Lipinski definition) is 4. The molecule has 2 N–H and O–H groups in total. The Hall–Kier alpha value is -1.43. The average Bonchev–Trinajstić information content (AvgIpc) is 3.00. The van der Waals surface area contributed by atoms with Crippen molar-refractivity contribution in [3.63, 3.8) is 0 Å². The molecule has 1 unspecified atom stereocenters. The van der Waals surface area contributed by atoms with Crippen molar-refractivity contribution in [1.29, 1.82) is 0 Å². The first-order valence-electron chi connectivity index (χ1n) is 6.84. The topological polar surface area (TPSA) is 38.5 Å². The van der Waals surface area contributed by atoms with Crippen LogP contribution in [0.2, 0.25) is 0 Å². The van der Waals surface area contributed by atoms with E-state index >= 15 is 0 Å². The molecule has 0 amide bonds. The van der Waals surface area contributed by atoms with Crippen LogP contribution in [0.4, 0.5) is 0 Å². The number of thiophene rings is 1. The second kappa shape index (κ2) is 7.54. The summed E-state index contributed by atoms with van der Waals surface area (Å²) in [5.41, 5.74) is 6.46. The molecular formula is C16H20N2OS2. The summed E-state index contributed by atoms with van der Waals surface area (Å²) in [4.78, 5) is 4.04. The van der Waals surface area contributed by atoms with Crippen LogP contribution in [0.15, 0.2) is 41.8 Å². The number of ether oxygens (including phenoxy) is 1. The average molecular weight is 320 g/mol. The first-order valence-corrected chi connectivity index (χ1v) is 8.13. The molecule has 0 spiro atoms. The largest absolute Gasteiger partial charge is 0.492 e. The van der Waals surface area contributed by atoms with Gasteiger partial charge in [-0.25, -0.2) is 0 Å². The van der Waals surface area contributed by atoms with Crippen molar-refractivity contribution in [3.05, 3.63) is 52.2 Å². The highest BCUT2D eigenvalue weighted by Crippen LogP contribution is 2.23. The summed E-state index contributed by atoms with van der Waals surface area (Å²) < 4.78 is 5.78. The van der Waals surface area contributed by atoms with E-state index in [4.69, 9.17) is 22.7 Å². The number of benzene rings is 1. The van der Waals surface area contributed by atoms with Crippen LogP contribution >= 0.6 is 23.6 Å². The molecule has 2 rings (SSSR count). The summed E-state index contributed by atoms with van der Waals surface area (Å²) in [7, 11) is 2.11. The van der Waals surface area contributed by atoms with Crippen molar-refractivity contribution in [1.82, 2.24) is 4.90 Å². The molecular weight excluding hydrogens is 300 g/mol. The number of rotatable bonds is 7. The lowest BCUT2D eigenvalue weighted by Gasteiger charge is -2.23. The zero-order valence-corrected chi connectivity index (χ0v) is 13.9. The fraction of sp³-hybridized carbons (Fsp3) is 0.312. The van der Waals surface area contributed by atoms with Gasteiger partial charge in [0.2, 0.25) is 0 Å². The fourth-order valence-electron chi connectivity index (χ4n) is 1.99. The Labute approximate surface area is 135 Å². The molecule has 0 aliphatic carbocycles. The zero-order chi connectivity index (χ0) is 15.2. The van der Waals surface area contributed by atoms with Gasteiger partial charge in [-0.2, -0.15) is 0 Å². The van der Waals surface area contributed by atoms with Gasteiger partial charge >= 0.3 is 0 Å². The molecule has 1 aromatic heterocycles. The molecule has 112 valence electrons. The lowest BCUT2D eigenvalue weighted by Crippen LogP contribution is -2.26. The molecule has 0 aliphatic heterocycles. The Kier molecular flexibility index (Phi) is 5.73. The lowest BCUT2D eigenvalue weighted by molar-refractivity contribution is 0.202. The van der Waals surface area contributed by atoms with E-state index in [0.717, 1.165) is 17.9 Å². The number of hydrogen-bond donors (Lipinski definition) is 1. The smallest absolute Gasteiger partial charge is 0.120 e. The van der Waals surface area contributed by atoms with Crippen LogP contribution in [0, 0.1) is 0 Å². The maximum absolute atomic E-state index is 5.78. The summed E-state index contributed by atoms with van der Waals surface area (Å²) in [6, 6.07) is 12.2. The number of nitrogens with zero attached hydrogens (tertiary/aromatic N) is 1. The van der Waals surface area contributed by atoms with E-state index in [2.05, 4.69) is 36.4 Å². The predicted octanol–water partition coefficient (Wildman–Crippen LogP) is 3.45. The summed E-state index contributed by atoms with van der Waals surface area (Å²) in [5, 5.41) is 2.11. The standard InChI is InChI=1S/C16H20N2OS2/c1-12(15-7-4-10-21-15)18(2)8-9-19-14-6-3-5-13(11-14)16(17)20/h3-7,10-12H,8-9H2,1-2H3,(H2,17,20). The van der Waals surface area contributed by atoms with Crippen LogP contribution in [-0.2, 0) is 0 Å². The highest BCUT2D eigenvalue weighted by molar-refractivity contribution is 7.80. The Morgan fingerprint density at radius 3 is 2.86 bits per heavy atom.